The van der Waals surface area contributed by atoms with Crippen molar-refractivity contribution in [1.29, 1.82) is 0 Å². The van der Waals surface area contributed by atoms with Crippen molar-refractivity contribution in [3.8, 4) is 0 Å². The van der Waals surface area contributed by atoms with Gasteiger partial charge in [0.05, 0.1) is 11.7 Å². The van der Waals surface area contributed by atoms with Gasteiger partial charge in [-0.2, -0.15) is 0 Å². The Bertz CT molecular complexity index is 922. The maximum atomic E-state index is 12.5. The van der Waals surface area contributed by atoms with Crippen LogP contribution in [0.3, 0.4) is 0 Å². The number of aliphatic hydroxyl groups excluding tert-OH is 2. The van der Waals surface area contributed by atoms with Crippen molar-refractivity contribution >= 4 is 11.9 Å². The van der Waals surface area contributed by atoms with E-state index in [1.165, 1.54) is 19.8 Å². The zero-order chi connectivity index (χ0) is 24.1. The zero-order valence-electron chi connectivity index (χ0n) is 20.9. The minimum absolute atomic E-state index is 0.0335. The molecular formula is C27H40O6. The van der Waals surface area contributed by atoms with Crippen LogP contribution < -0.4 is 0 Å². The predicted molar refractivity (Wildman–Crippen MR) is 122 cm³/mol. The summed E-state index contributed by atoms with van der Waals surface area (Å²) in [7, 11) is 0. The molecule has 184 valence electrons. The number of carbonyl (C=O) groups is 2. The molecule has 2 N–H and O–H groups in total. The Hall–Kier alpha value is -1.40. The van der Waals surface area contributed by atoms with Crippen LogP contribution in [0.15, 0.2) is 11.1 Å². The summed E-state index contributed by atoms with van der Waals surface area (Å²) in [6.45, 7) is 13.1. The van der Waals surface area contributed by atoms with Crippen LogP contribution in [0.2, 0.25) is 0 Å². The molecule has 0 aromatic rings. The van der Waals surface area contributed by atoms with E-state index in [1.807, 2.05) is 6.92 Å². The van der Waals surface area contributed by atoms with Crippen molar-refractivity contribution in [3.63, 3.8) is 0 Å². The first-order valence-electron chi connectivity index (χ1n) is 12.8. The number of ether oxygens (including phenoxy) is 2. The number of fused-ring (bicyclic) bond motifs is 6. The van der Waals surface area contributed by atoms with E-state index >= 15 is 0 Å². The van der Waals surface area contributed by atoms with E-state index in [9.17, 15) is 19.8 Å². The standard InChI is InChI=1S/C27H40O6/c1-14(28)32-19-13-17-25(4)10-7-9-24(2,3)16(25)8-11-26(17,5)18-12-15(29)20-21(27(18,19)6)23(31)33-22(20)30/h15-19,23,29,31H,7-13H2,1-6H3. The van der Waals surface area contributed by atoms with Crippen LogP contribution in [0.1, 0.15) is 86.5 Å². The van der Waals surface area contributed by atoms with Crippen LogP contribution in [-0.4, -0.2) is 40.6 Å². The molecule has 3 fully saturated rings. The molecule has 33 heavy (non-hydrogen) atoms. The van der Waals surface area contributed by atoms with Gasteiger partial charge in [0, 0.05) is 17.9 Å². The first-order chi connectivity index (χ1) is 15.3. The van der Waals surface area contributed by atoms with Crippen LogP contribution in [-0.2, 0) is 19.1 Å². The molecule has 9 unspecified atom stereocenters. The Labute approximate surface area is 197 Å². The lowest BCUT2D eigenvalue weighted by Gasteiger charge is -2.70. The highest BCUT2D eigenvalue weighted by atomic mass is 16.6. The summed E-state index contributed by atoms with van der Waals surface area (Å²) in [6.07, 6.45) is 4.08. The van der Waals surface area contributed by atoms with Crippen molar-refractivity contribution < 1.29 is 29.3 Å². The van der Waals surface area contributed by atoms with Crippen LogP contribution in [0, 0.1) is 39.4 Å². The van der Waals surface area contributed by atoms with Gasteiger partial charge in [-0.15, -0.1) is 0 Å². The largest absolute Gasteiger partial charge is 0.462 e. The van der Waals surface area contributed by atoms with Crippen molar-refractivity contribution in [2.45, 2.75) is 105 Å². The SMILES string of the molecule is CC(=O)OC1CC2C3(C)CCCC(C)(C)C3CCC2(C)C2CC(O)C3=C(C(O)OC3=O)C12C. The molecule has 0 spiro atoms. The Balaban J connectivity index is 1.67. The van der Waals surface area contributed by atoms with Gasteiger partial charge in [-0.3, -0.25) is 4.79 Å². The molecule has 1 aliphatic heterocycles. The molecule has 1 heterocycles. The number of cyclic esters (lactones) is 1. The molecule has 3 saturated carbocycles. The number of esters is 2. The topological polar surface area (TPSA) is 93.1 Å². The molecule has 0 radical (unpaired) electrons. The van der Waals surface area contributed by atoms with Crippen molar-refractivity contribution in [3.05, 3.63) is 11.1 Å². The summed E-state index contributed by atoms with van der Waals surface area (Å²) in [5.74, 6) is -0.102. The lowest BCUT2D eigenvalue weighted by Crippen LogP contribution is -2.66. The fraction of sp³-hybridized carbons (Fsp3) is 0.852. The quantitative estimate of drug-likeness (QED) is 0.572. The summed E-state index contributed by atoms with van der Waals surface area (Å²) in [6, 6.07) is 0. The third kappa shape index (κ3) is 2.92. The fourth-order valence-corrected chi connectivity index (χ4v) is 9.94. The molecule has 5 rings (SSSR count). The summed E-state index contributed by atoms with van der Waals surface area (Å²) in [5, 5.41) is 21.9. The maximum absolute atomic E-state index is 12.5. The lowest BCUT2D eigenvalue weighted by atomic mass is 9.35. The summed E-state index contributed by atoms with van der Waals surface area (Å²) >= 11 is 0. The van der Waals surface area contributed by atoms with Gasteiger partial charge in [0.25, 0.3) is 0 Å². The normalized spacial score (nSPS) is 50.5. The van der Waals surface area contributed by atoms with Crippen molar-refractivity contribution in [2.24, 2.45) is 39.4 Å². The smallest absolute Gasteiger partial charge is 0.339 e. The second-order valence-electron chi connectivity index (χ2n) is 13.0. The molecular weight excluding hydrogens is 420 g/mol. The Morgan fingerprint density at radius 1 is 0.970 bits per heavy atom. The molecule has 0 aromatic carbocycles. The predicted octanol–water partition coefficient (Wildman–Crippen LogP) is 4.13. The second-order valence-corrected chi connectivity index (χ2v) is 13.0. The van der Waals surface area contributed by atoms with Crippen LogP contribution in [0.4, 0.5) is 0 Å². The van der Waals surface area contributed by atoms with Gasteiger partial charge >= 0.3 is 11.9 Å². The van der Waals surface area contributed by atoms with Gasteiger partial charge < -0.3 is 19.7 Å². The zero-order valence-corrected chi connectivity index (χ0v) is 20.9. The van der Waals surface area contributed by atoms with Gasteiger partial charge in [-0.1, -0.05) is 41.0 Å². The molecule has 6 heteroatoms. The molecule has 0 amide bonds. The highest BCUT2D eigenvalue weighted by Gasteiger charge is 2.70. The summed E-state index contributed by atoms with van der Waals surface area (Å²) in [4.78, 5) is 24.8. The number of rotatable bonds is 1. The Morgan fingerprint density at radius 2 is 1.64 bits per heavy atom. The number of aliphatic hydroxyl groups is 2. The van der Waals surface area contributed by atoms with E-state index < -0.39 is 29.9 Å². The molecule has 0 saturated heterocycles. The molecule has 9 atom stereocenters. The van der Waals surface area contributed by atoms with Gasteiger partial charge in [-0.25, -0.2) is 4.79 Å². The summed E-state index contributed by atoms with van der Waals surface area (Å²) < 4.78 is 11.2. The van der Waals surface area contributed by atoms with Gasteiger partial charge in [-0.05, 0) is 72.5 Å². The third-order valence-electron chi connectivity index (χ3n) is 11.1. The van der Waals surface area contributed by atoms with Crippen molar-refractivity contribution in [1.82, 2.24) is 0 Å². The van der Waals surface area contributed by atoms with Crippen molar-refractivity contribution in [2.75, 3.05) is 0 Å². The van der Waals surface area contributed by atoms with E-state index in [1.54, 1.807) is 0 Å². The third-order valence-corrected chi connectivity index (χ3v) is 11.1. The average Bonchev–Trinajstić information content (AvgIpc) is 3.00. The van der Waals surface area contributed by atoms with E-state index in [2.05, 4.69) is 27.7 Å². The number of carbonyl (C=O) groups excluding carboxylic acids is 2. The van der Waals surface area contributed by atoms with Crippen LogP contribution in [0.25, 0.3) is 0 Å². The maximum Gasteiger partial charge on any atom is 0.339 e. The minimum Gasteiger partial charge on any atom is -0.462 e. The average molecular weight is 461 g/mol. The van der Waals surface area contributed by atoms with E-state index in [-0.39, 0.29) is 33.7 Å². The lowest BCUT2D eigenvalue weighted by molar-refractivity contribution is -0.232. The van der Waals surface area contributed by atoms with E-state index in [0.29, 0.717) is 30.3 Å². The van der Waals surface area contributed by atoms with Gasteiger partial charge in [0.15, 0.2) is 0 Å². The second kappa shape index (κ2) is 7.07. The minimum atomic E-state index is -1.39. The molecule has 6 nitrogen and oxygen atoms in total. The van der Waals surface area contributed by atoms with E-state index in [0.717, 1.165) is 19.3 Å². The van der Waals surface area contributed by atoms with Gasteiger partial charge in [0.2, 0.25) is 6.29 Å². The highest BCUT2D eigenvalue weighted by Crippen LogP contribution is 2.73. The van der Waals surface area contributed by atoms with Crippen LogP contribution >= 0.6 is 0 Å². The molecule has 5 aliphatic rings. The fourth-order valence-electron chi connectivity index (χ4n) is 9.94. The molecule has 0 bridgehead atoms. The number of hydrogen-bond donors (Lipinski definition) is 2. The summed E-state index contributed by atoms with van der Waals surface area (Å²) in [5.41, 5.74) is 0.154. The number of hydrogen-bond acceptors (Lipinski definition) is 6. The Morgan fingerprint density at radius 3 is 2.30 bits per heavy atom. The van der Waals surface area contributed by atoms with E-state index in [4.69, 9.17) is 9.47 Å². The molecule has 4 aliphatic carbocycles. The monoisotopic (exact) mass is 460 g/mol. The highest BCUT2D eigenvalue weighted by molar-refractivity contribution is 5.94. The first kappa shape index (κ1) is 23.3. The Kier molecular flexibility index (Phi) is 5.00. The first-order valence-corrected chi connectivity index (χ1v) is 12.8. The van der Waals surface area contributed by atoms with Gasteiger partial charge in [0.1, 0.15) is 6.10 Å². The molecule has 0 aromatic heterocycles. The van der Waals surface area contributed by atoms with Crippen LogP contribution in [0.5, 0.6) is 0 Å².